The van der Waals surface area contributed by atoms with Gasteiger partial charge in [0, 0.05) is 17.7 Å². The first kappa shape index (κ1) is 14.6. The van der Waals surface area contributed by atoms with Gasteiger partial charge in [0.1, 0.15) is 11.4 Å². The summed E-state index contributed by atoms with van der Waals surface area (Å²) in [6.07, 6.45) is 0. The number of para-hydroxylation sites is 1. The maximum atomic E-state index is 13.5. The van der Waals surface area contributed by atoms with Crippen molar-refractivity contribution in [3.05, 3.63) is 75.1 Å². The molecule has 0 heterocycles. The molecule has 1 amide bonds. The number of nitro groups is 1. The van der Waals surface area contributed by atoms with Crippen molar-refractivity contribution in [2.75, 3.05) is 0 Å². The SMILES string of the molecule is Cc1cccc(C(=O)NCc2ccccc2F)c1[N+](=O)[O-]. The second-order valence-electron chi connectivity index (χ2n) is 4.50. The van der Waals surface area contributed by atoms with Gasteiger partial charge in [-0.25, -0.2) is 4.39 Å². The Morgan fingerprint density at radius 3 is 2.62 bits per heavy atom. The van der Waals surface area contributed by atoms with Crippen molar-refractivity contribution >= 4 is 11.6 Å². The molecule has 21 heavy (non-hydrogen) atoms. The van der Waals surface area contributed by atoms with Crippen molar-refractivity contribution in [2.24, 2.45) is 0 Å². The van der Waals surface area contributed by atoms with E-state index in [1.165, 1.54) is 12.1 Å². The van der Waals surface area contributed by atoms with Crippen LogP contribution in [0.1, 0.15) is 21.5 Å². The molecule has 0 aliphatic rings. The van der Waals surface area contributed by atoms with Gasteiger partial charge in [-0.15, -0.1) is 0 Å². The number of rotatable bonds is 4. The van der Waals surface area contributed by atoms with Crippen LogP contribution < -0.4 is 5.32 Å². The molecule has 6 heteroatoms. The van der Waals surface area contributed by atoms with Gasteiger partial charge in [-0.3, -0.25) is 14.9 Å². The Kier molecular flexibility index (Phi) is 4.27. The molecule has 5 nitrogen and oxygen atoms in total. The van der Waals surface area contributed by atoms with Crippen LogP contribution in [0.2, 0.25) is 0 Å². The van der Waals surface area contributed by atoms with Crippen LogP contribution in [0.5, 0.6) is 0 Å². The maximum Gasteiger partial charge on any atom is 0.285 e. The summed E-state index contributed by atoms with van der Waals surface area (Å²) in [5.41, 5.74) is 0.458. The van der Waals surface area contributed by atoms with E-state index in [-0.39, 0.29) is 17.8 Å². The molecule has 0 saturated carbocycles. The molecular formula is C15H13FN2O3. The lowest BCUT2D eigenvalue weighted by molar-refractivity contribution is -0.385. The number of aryl methyl sites for hydroxylation is 1. The Hall–Kier alpha value is -2.76. The van der Waals surface area contributed by atoms with Crippen LogP contribution in [-0.2, 0) is 6.54 Å². The number of benzene rings is 2. The third-order valence-electron chi connectivity index (χ3n) is 3.06. The zero-order valence-electron chi connectivity index (χ0n) is 11.3. The van der Waals surface area contributed by atoms with E-state index in [0.29, 0.717) is 11.1 Å². The van der Waals surface area contributed by atoms with Crippen LogP contribution in [0.15, 0.2) is 42.5 Å². The fourth-order valence-corrected chi connectivity index (χ4v) is 2.00. The van der Waals surface area contributed by atoms with Crippen molar-refractivity contribution in [1.82, 2.24) is 5.32 Å². The minimum Gasteiger partial charge on any atom is -0.348 e. The Morgan fingerprint density at radius 1 is 1.24 bits per heavy atom. The lowest BCUT2D eigenvalue weighted by Gasteiger charge is -2.08. The first-order valence-corrected chi connectivity index (χ1v) is 6.26. The molecule has 0 aliphatic heterocycles. The third-order valence-corrected chi connectivity index (χ3v) is 3.06. The summed E-state index contributed by atoms with van der Waals surface area (Å²) in [5, 5.41) is 13.5. The minimum atomic E-state index is -0.603. The Labute approximate surface area is 120 Å². The highest BCUT2D eigenvalue weighted by molar-refractivity contribution is 5.98. The van der Waals surface area contributed by atoms with Crippen molar-refractivity contribution < 1.29 is 14.1 Å². The molecule has 0 atom stereocenters. The van der Waals surface area contributed by atoms with E-state index in [4.69, 9.17) is 0 Å². The van der Waals surface area contributed by atoms with Crippen molar-refractivity contribution in [2.45, 2.75) is 13.5 Å². The predicted octanol–water partition coefficient (Wildman–Crippen LogP) is 2.97. The highest BCUT2D eigenvalue weighted by Crippen LogP contribution is 2.23. The number of nitrogens with one attached hydrogen (secondary N) is 1. The lowest BCUT2D eigenvalue weighted by Crippen LogP contribution is -2.24. The molecule has 0 unspecified atom stereocenters. The summed E-state index contributed by atoms with van der Waals surface area (Å²) in [6.45, 7) is 1.53. The zero-order valence-corrected chi connectivity index (χ0v) is 11.3. The quantitative estimate of drug-likeness (QED) is 0.694. The second-order valence-corrected chi connectivity index (χ2v) is 4.50. The van der Waals surface area contributed by atoms with E-state index in [2.05, 4.69) is 5.32 Å². The molecule has 0 spiro atoms. The molecule has 0 fully saturated rings. The number of hydrogen-bond acceptors (Lipinski definition) is 3. The van der Waals surface area contributed by atoms with Gasteiger partial charge in [-0.05, 0) is 19.1 Å². The lowest BCUT2D eigenvalue weighted by atomic mass is 10.1. The summed E-state index contributed by atoms with van der Waals surface area (Å²) in [4.78, 5) is 22.5. The van der Waals surface area contributed by atoms with Gasteiger partial charge in [-0.1, -0.05) is 30.3 Å². The van der Waals surface area contributed by atoms with Gasteiger partial charge < -0.3 is 5.32 Å². The molecule has 0 radical (unpaired) electrons. The summed E-state index contributed by atoms with van der Waals surface area (Å²) in [6, 6.07) is 10.5. The van der Waals surface area contributed by atoms with E-state index < -0.39 is 16.6 Å². The van der Waals surface area contributed by atoms with Crippen molar-refractivity contribution in [3.63, 3.8) is 0 Å². The third kappa shape index (κ3) is 3.22. The molecule has 2 aromatic carbocycles. The Bertz CT molecular complexity index is 701. The van der Waals surface area contributed by atoms with Crippen LogP contribution in [0.4, 0.5) is 10.1 Å². The number of carbonyl (C=O) groups excluding carboxylic acids is 1. The van der Waals surface area contributed by atoms with Crippen molar-refractivity contribution in [1.29, 1.82) is 0 Å². The van der Waals surface area contributed by atoms with Gasteiger partial charge >= 0.3 is 0 Å². The van der Waals surface area contributed by atoms with E-state index in [1.54, 1.807) is 37.3 Å². The maximum absolute atomic E-state index is 13.5. The summed E-state index contributed by atoms with van der Waals surface area (Å²) >= 11 is 0. The zero-order chi connectivity index (χ0) is 15.4. The molecule has 1 N–H and O–H groups in total. The molecule has 0 saturated heterocycles. The van der Waals surface area contributed by atoms with Crippen LogP contribution in [-0.4, -0.2) is 10.8 Å². The predicted molar refractivity (Wildman–Crippen MR) is 75.4 cm³/mol. The fraction of sp³-hybridized carbons (Fsp3) is 0.133. The molecule has 2 rings (SSSR count). The number of nitrogens with zero attached hydrogens (tertiary/aromatic N) is 1. The molecule has 0 bridgehead atoms. The highest BCUT2D eigenvalue weighted by Gasteiger charge is 2.22. The second kappa shape index (κ2) is 6.13. The van der Waals surface area contributed by atoms with Gasteiger partial charge in [0.25, 0.3) is 11.6 Å². The number of nitro benzene ring substituents is 1. The summed E-state index contributed by atoms with van der Waals surface area (Å²) in [7, 11) is 0. The number of carbonyl (C=O) groups is 1. The van der Waals surface area contributed by atoms with Crippen LogP contribution in [0.25, 0.3) is 0 Å². The summed E-state index contributed by atoms with van der Waals surface area (Å²) in [5.74, 6) is -1.04. The Morgan fingerprint density at radius 2 is 1.95 bits per heavy atom. The number of halogens is 1. The average Bonchev–Trinajstić information content (AvgIpc) is 2.45. The molecule has 0 aromatic heterocycles. The summed E-state index contributed by atoms with van der Waals surface area (Å²) < 4.78 is 13.5. The minimum absolute atomic E-state index is 0.0311. The van der Waals surface area contributed by atoms with E-state index >= 15 is 0 Å². The molecule has 0 aliphatic carbocycles. The number of amides is 1. The van der Waals surface area contributed by atoms with Crippen LogP contribution >= 0.6 is 0 Å². The van der Waals surface area contributed by atoms with Crippen LogP contribution in [0.3, 0.4) is 0 Å². The number of hydrogen-bond donors (Lipinski definition) is 1. The van der Waals surface area contributed by atoms with E-state index in [9.17, 15) is 19.3 Å². The largest absolute Gasteiger partial charge is 0.348 e. The highest BCUT2D eigenvalue weighted by atomic mass is 19.1. The van der Waals surface area contributed by atoms with Gasteiger partial charge in [-0.2, -0.15) is 0 Å². The topological polar surface area (TPSA) is 72.2 Å². The fourth-order valence-electron chi connectivity index (χ4n) is 2.00. The standard InChI is InChI=1S/C15H13FN2O3/c1-10-5-4-7-12(14(10)18(20)21)15(19)17-9-11-6-2-3-8-13(11)16/h2-8H,9H2,1H3,(H,17,19). The van der Waals surface area contributed by atoms with Crippen LogP contribution in [0, 0.1) is 22.9 Å². The Balaban J connectivity index is 2.20. The van der Waals surface area contributed by atoms with Gasteiger partial charge in [0.15, 0.2) is 0 Å². The monoisotopic (exact) mass is 288 g/mol. The van der Waals surface area contributed by atoms with Gasteiger partial charge in [0.05, 0.1) is 4.92 Å². The first-order valence-electron chi connectivity index (χ1n) is 6.26. The molecule has 108 valence electrons. The normalized spacial score (nSPS) is 10.2. The molecule has 2 aromatic rings. The van der Waals surface area contributed by atoms with Crippen molar-refractivity contribution in [3.8, 4) is 0 Å². The smallest absolute Gasteiger partial charge is 0.285 e. The van der Waals surface area contributed by atoms with E-state index in [0.717, 1.165) is 0 Å². The average molecular weight is 288 g/mol. The molecular weight excluding hydrogens is 275 g/mol. The first-order chi connectivity index (χ1) is 10.0. The van der Waals surface area contributed by atoms with Gasteiger partial charge in [0.2, 0.25) is 0 Å². The van der Waals surface area contributed by atoms with E-state index in [1.807, 2.05) is 0 Å².